The summed E-state index contributed by atoms with van der Waals surface area (Å²) in [5, 5.41) is 2.07. The van der Waals surface area contributed by atoms with E-state index < -0.39 is 0 Å². The monoisotopic (exact) mass is 342 g/mol. The second-order valence-corrected chi connectivity index (χ2v) is 6.53. The molecule has 0 spiro atoms. The summed E-state index contributed by atoms with van der Waals surface area (Å²) in [4.78, 5) is 19.3. The number of aromatic nitrogens is 2. The van der Waals surface area contributed by atoms with E-state index in [0.29, 0.717) is 13.1 Å². The second kappa shape index (κ2) is 5.61. The minimum absolute atomic E-state index is 0.0151. The van der Waals surface area contributed by atoms with E-state index >= 15 is 0 Å². The highest BCUT2D eigenvalue weighted by molar-refractivity contribution is 7.15. The van der Waals surface area contributed by atoms with Gasteiger partial charge in [0.15, 0.2) is 11.6 Å². The van der Waals surface area contributed by atoms with Gasteiger partial charge in [0.1, 0.15) is 5.75 Å². The number of hydrogen-bond acceptors (Lipinski definition) is 5. The summed E-state index contributed by atoms with van der Waals surface area (Å²) in [6.07, 6.45) is 0. The largest absolute Gasteiger partial charge is 0.482 e. The molecule has 3 heterocycles. The summed E-state index contributed by atoms with van der Waals surface area (Å²) >= 11 is 1.59. The van der Waals surface area contributed by atoms with E-state index in [1.165, 1.54) is 0 Å². The Morgan fingerprint density at radius 2 is 2.25 bits per heavy atom. The number of nitrogens with two attached hydrogens (primary N) is 1. The Hall–Kier alpha value is -2.38. The van der Waals surface area contributed by atoms with E-state index in [-0.39, 0.29) is 12.5 Å². The molecule has 24 heavy (non-hydrogen) atoms. The van der Waals surface area contributed by atoms with Crippen LogP contribution in [-0.4, -0.2) is 28.4 Å². The molecule has 3 aromatic rings. The number of ether oxygens (including phenoxy) is 1. The standard InChI is InChI=1S/C17H18N4O2S/c1-3-20-12-6-11(4-5-15(12)23-8-16(20)22)14-9-24-17-19-10(2)13(7-18)21(14)17/h4-6,9H,3,7-8,18H2,1-2H3. The third-order valence-electron chi connectivity index (χ3n) is 4.37. The van der Waals surface area contributed by atoms with Crippen LogP contribution in [0.25, 0.3) is 16.2 Å². The highest BCUT2D eigenvalue weighted by Gasteiger charge is 2.25. The summed E-state index contributed by atoms with van der Waals surface area (Å²) in [6, 6.07) is 5.95. The molecule has 0 fully saturated rings. The molecular weight excluding hydrogens is 324 g/mol. The van der Waals surface area contributed by atoms with Gasteiger partial charge in [-0.15, -0.1) is 11.3 Å². The minimum atomic E-state index is -0.0151. The molecule has 0 radical (unpaired) electrons. The number of hydrogen-bond donors (Lipinski definition) is 1. The Morgan fingerprint density at radius 3 is 3.00 bits per heavy atom. The molecule has 2 aromatic heterocycles. The van der Waals surface area contributed by atoms with Crippen molar-refractivity contribution in [1.82, 2.24) is 9.38 Å². The quantitative estimate of drug-likeness (QED) is 0.794. The van der Waals surface area contributed by atoms with Crippen LogP contribution in [-0.2, 0) is 11.3 Å². The van der Waals surface area contributed by atoms with Crippen LogP contribution in [0.5, 0.6) is 5.75 Å². The fourth-order valence-electron chi connectivity index (χ4n) is 3.17. The molecule has 0 atom stereocenters. The van der Waals surface area contributed by atoms with Crippen LogP contribution in [0.1, 0.15) is 18.3 Å². The number of rotatable bonds is 3. The molecule has 1 aliphatic rings. The smallest absolute Gasteiger partial charge is 0.265 e. The second-order valence-electron chi connectivity index (χ2n) is 5.70. The number of carbonyl (C=O) groups is 1. The lowest BCUT2D eigenvalue weighted by Crippen LogP contribution is -2.38. The highest BCUT2D eigenvalue weighted by Crippen LogP contribution is 2.37. The zero-order valence-electron chi connectivity index (χ0n) is 13.6. The number of aryl methyl sites for hydroxylation is 1. The van der Waals surface area contributed by atoms with Crippen molar-refractivity contribution in [3.8, 4) is 17.0 Å². The maximum atomic E-state index is 12.1. The molecule has 4 rings (SSSR count). The molecule has 0 saturated carbocycles. The van der Waals surface area contributed by atoms with Gasteiger partial charge in [0, 0.05) is 24.0 Å². The first-order chi connectivity index (χ1) is 11.6. The van der Waals surface area contributed by atoms with E-state index in [1.54, 1.807) is 16.2 Å². The van der Waals surface area contributed by atoms with Gasteiger partial charge in [-0.25, -0.2) is 4.98 Å². The number of imidazole rings is 1. The van der Waals surface area contributed by atoms with Crippen molar-refractivity contribution in [3.63, 3.8) is 0 Å². The van der Waals surface area contributed by atoms with Crippen LogP contribution < -0.4 is 15.4 Å². The number of anilines is 1. The van der Waals surface area contributed by atoms with E-state index in [9.17, 15) is 4.79 Å². The molecule has 7 heteroatoms. The van der Waals surface area contributed by atoms with Crippen LogP contribution in [0, 0.1) is 6.92 Å². The Bertz CT molecular complexity index is 944. The molecule has 0 unspecified atom stereocenters. The molecule has 0 saturated heterocycles. The van der Waals surface area contributed by atoms with E-state index in [0.717, 1.165) is 39.0 Å². The summed E-state index contributed by atoms with van der Waals surface area (Å²) in [6.45, 7) is 5.10. The number of amides is 1. The molecule has 2 N–H and O–H groups in total. The predicted molar refractivity (Wildman–Crippen MR) is 94.7 cm³/mol. The third-order valence-corrected chi connectivity index (χ3v) is 5.19. The first-order valence-corrected chi connectivity index (χ1v) is 8.75. The van der Waals surface area contributed by atoms with Gasteiger partial charge in [-0.1, -0.05) is 0 Å². The summed E-state index contributed by atoms with van der Waals surface area (Å²) in [5.41, 5.74) is 10.7. The molecule has 6 nitrogen and oxygen atoms in total. The Kier molecular flexibility index (Phi) is 3.54. The van der Waals surface area contributed by atoms with Crippen LogP contribution in [0.2, 0.25) is 0 Å². The van der Waals surface area contributed by atoms with Gasteiger partial charge in [0.05, 0.1) is 22.8 Å². The average molecular weight is 342 g/mol. The minimum Gasteiger partial charge on any atom is -0.482 e. The maximum absolute atomic E-state index is 12.1. The van der Waals surface area contributed by atoms with Gasteiger partial charge in [0.2, 0.25) is 0 Å². The lowest BCUT2D eigenvalue weighted by molar-refractivity contribution is -0.121. The molecule has 1 aromatic carbocycles. The van der Waals surface area contributed by atoms with Gasteiger partial charge in [-0.05, 0) is 32.0 Å². The third kappa shape index (κ3) is 2.12. The number of nitrogens with zero attached hydrogens (tertiary/aromatic N) is 3. The lowest BCUT2D eigenvalue weighted by Gasteiger charge is -2.28. The predicted octanol–water partition coefficient (Wildman–Crippen LogP) is 2.58. The Labute approximate surface area is 143 Å². The summed E-state index contributed by atoms with van der Waals surface area (Å²) in [5.74, 6) is 0.728. The van der Waals surface area contributed by atoms with Crippen molar-refractivity contribution < 1.29 is 9.53 Å². The van der Waals surface area contributed by atoms with Gasteiger partial charge in [0.25, 0.3) is 5.91 Å². The average Bonchev–Trinajstić information content (AvgIpc) is 3.12. The van der Waals surface area contributed by atoms with Crippen LogP contribution in [0.4, 0.5) is 5.69 Å². The lowest BCUT2D eigenvalue weighted by atomic mass is 10.1. The van der Waals surface area contributed by atoms with Crippen LogP contribution in [0.3, 0.4) is 0 Å². The Morgan fingerprint density at radius 1 is 1.42 bits per heavy atom. The van der Waals surface area contributed by atoms with Crippen molar-refractivity contribution in [2.45, 2.75) is 20.4 Å². The van der Waals surface area contributed by atoms with Gasteiger partial charge in [-0.2, -0.15) is 0 Å². The summed E-state index contributed by atoms with van der Waals surface area (Å²) in [7, 11) is 0. The van der Waals surface area contributed by atoms with Crippen molar-refractivity contribution in [2.24, 2.45) is 5.73 Å². The topological polar surface area (TPSA) is 72.9 Å². The van der Waals surface area contributed by atoms with Gasteiger partial charge >= 0.3 is 0 Å². The first-order valence-electron chi connectivity index (χ1n) is 7.87. The number of carbonyl (C=O) groups excluding carboxylic acids is 1. The zero-order valence-corrected chi connectivity index (χ0v) is 14.4. The van der Waals surface area contributed by atoms with Crippen molar-refractivity contribution in [2.75, 3.05) is 18.1 Å². The maximum Gasteiger partial charge on any atom is 0.265 e. The SMILES string of the molecule is CCN1C(=O)COc2ccc(-c3csc4nc(C)c(CN)n34)cc21. The van der Waals surface area contributed by atoms with Crippen molar-refractivity contribution in [3.05, 3.63) is 35.0 Å². The van der Waals surface area contributed by atoms with Crippen molar-refractivity contribution in [1.29, 1.82) is 0 Å². The van der Waals surface area contributed by atoms with E-state index in [2.05, 4.69) is 14.8 Å². The van der Waals surface area contributed by atoms with E-state index in [4.69, 9.17) is 10.5 Å². The fraction of sp³-hybridized carbons (Fsp3) is 0.294. The van der Waals surface area contributed by atoms with Gasteiger partial charge in [-0.3, -0.25) is 9.20 Å². The highest BCUT2D eigenvalue weighted by atomic mass is 32.1. The number of fused-ring (bicyclic) bond motifs is 2. The first kappa shape index (κ1) is 15.2. The van der Waals surface area contributed by atoms with Crippen molar-refractivity contribution >= 4 is 27.9 Å². The number of benzene rings is 1. The normalized spacial score (nSPS) is 14.1. The molecule has 1 amide bonds. The molecule has 1 aliphatic heterocycles. The molecule has 0 bridgehead atoms. The molecule has 0 aliphatic carbocycles. The Balaban J connectivity index is 1.89. The molecular formula is C17H18N4O2S. The number of thiazole rings is 1. The van der Waals surface area contributed by atoms with E-state index in [1.807, 2.05) is 32.0 Å². The zero-order chi connectivity index (χ0) is 16.8. The number of likely N-dealkylation sites (N-methyl/N-ethyl adjacent to an activating group) is 1. The summed E-state index contributed by atoms with van der Waals surface area (Å²) < 4.78 is 7.65. The molecule has 124 valence electrons. The van der Waals surface area contributed by atoms with Gasteiger partial charge < -0.3 is 15.4 Å². The fourth-order valence-corrected chi connectivity index (χ4v) is 4.13. The van der Waals surface area contributed by atoms with Crippen LogP contribution >= 0.6 is 11.3 Å². The van der Waals surface area contributed by atoms with Crippen LogP contribution in [0.15, 0.2) is 23.6 Å².